The minimum atomic E-state index is -3.42. The Morgan fingerprint density at radius 1 is 1.24 bits per heavy atom. The molecule has 1 aromatic rings. The molecule has 1 aliphatic heterocycles. The molecule has 0 saturated carbocycles. The number of hydrogen-bond donors (Lipinski definition) is 0. The summed E-state index contributed by atoms with van der Waals surface area (Å²) >= 11 is 0.479. The summed E-state index contributed by atoms with van der Waals surface area (Å²) in [5.74, 6) is -2.45. The molecule has 0 radical (unpaired) electrons. The molecule has 1 saturated heterocycles. The van der Waals surface area contributed by atoms with Crippen molar-refractivity contribution < 1.29 is 17.2 Å². The Bertz CT molecular complexity index is 558. The number of halogens is 2. The number of benzene rings is 1. The molecule has 0 aliphatic carbocycles. The van der Waals surface area contributed by atoms with Gasteiger partial charge in [-0.05, 0) is 30.5 Å². The first-order valence-electron chi connectivity index (χ1n) is 6.65. The van der Waals surface area contributed by atoms with Crippen molar-refractivity contribution in [2.24, 2.45) is 0 Å². The van der Waals surface area contributed by atoms with E-state index < -0.39 is 16.0 Å². The van der Waals surface area contributed by atoms with Gasteiger partial charge in [-0.1, -0.05) is 23.9 Å². The van der Waals surface area contributed by atoms with Crippen molar-refractivity contribution in [3.05, 3.63) is 29.8 Å². The largest absolute Gasteiger partial charge is 0.288 e. The van der Waals surface area contributed by atoms with Crippen LogP contribution in [0.3, 0.4) is 0 Å². The van der Waals surface area contributed by atoms with E-state index >= 15 is 0 Å². The summed E-state index contributed by atoms with van der Waals surface area (Å²) in [5, 5.41) is 0. The van der Waals surface area contributed by atoms with Gasteiger partial charge < -0.3 is 0 Å². The first kappa shape index (κ1) is 16.7. The number of hydrogen-bond acceptors (Lipinski definition) is 3. The van der Waals surface area contributed by atoms with Crippen LogP contribution < -0.4 is 0 Å². The van der Waals surface area contributed by atoms with E-state index in [1.54, 1.807) is 24.3 Å². The highest BCUT2D eigenvalue weighted by molar-refractivity contribution is 7.99. The molecular weight excluding hydrogens is 318 g/mol. The van der Waals surface area contributed by atoms with Crippen LogP contribution in [0.15, 0.2) is 29.2 Å². The fraction of sp³-hybridized carbons (Fsp3) is 0.538. The Labute approximate surface area is 128 Å². The summed E-state index contributed by atoms with van der Waals surface area (Å²) in [6.45, 7) is 1.37. The summed E-state index contributed by atoms with van der Waals surface area (Å²) in [4.78, 5) is 0.471. The van der Waals surface area contributed by atoms with Crippen LogP contribution in [-0.4, -0.2) is 42.9 Å². The normalized spacial score (nSPS) is 17.0. The smallest absolute Gasteiger partial charge is 0.198 e. The van der Waals surface area contributed by atoms with Crippen molar-refractivity contribution in [2.75, 3.05) is 20.1 Å². The fourth-order valence-corrected chi connectivity index (χ4v) is 4.16. The van der Waals surface area contributed by atoms with E-state index in [4.69, 9.17) is 0 Å². The zero-order valence-electron chi connectivity index (χ0n) is 11.7. The lowest BCUT2D eigenvalue weighted by atomic mass is 10.2. The highest BCUT2D eigenvalue weighted by atomic mass is 32.2. The molecule has 21 heavy (non-hydrogen) atoms. The zero-order chi connectivity index (χ0) is 15.5. The molecule has 0 bridgehead atoms. The standard InChI is InChI=1S/C13H18F2N2O2S2/c1-16(21(18,19)17-8-2-3-9-17)10-11-4-6-12(7-5-11)20-13(14)15/h4-7,13H,2-3,8-10H2,1H3. The van der Waals surface area contributed by atoms with Crippen molar-refractivity contribution in [1.82, 2.24) is 8.61 Å². The van der Waals surface area contributed by atoms with Crippen LogP contribution in [0.5, 0.6) is 0 Å². The Kier molecular flexibility index (Phi) is 5.59. The van der Waals surface area contributed by atoms with E-state index in [-0.39, 0.29) is 6.54 Å². The average Bonchev–Trinajstić information content (AvgIpc) is 2.95. The quantitative estimate of drug-likeness (QED) is 0.750. The summed E-state index contributed by atoms with van der Waals surface area (Å²) in [6, 6.07) is 6.53. The highest BCUT2D eigenvalue weighted by Crippen LogP contribution is 2.25. The second-order valence-corrected chi connectivity index (χ2v) is 7.99. The molecule has 0 amide bonds. The first-order valence-corrected chi connectivity index (χ1v) is 8.92. The highest BCUT2D eigenvalue weighted by Gasteiger charge is 2.29. The first-order chi connectivity index (χ1) is 9.89. The lowest BCUT2D eigenvalue weighted by molar-refractivity contribution is 0.252. The molecule has 0 N–H and O–H groups in total. The summed E-state index contributed by atoms with van der Waals surface area (Å²) in [5.41, 5.74) is 0.777. The van der Waals surface area contributed by atoms with Crippen molar-refractivity contribution in [3.8, 4) is 0 Å². The third-order valence-corrected chi connectivity index (χ3v) is 6.00. The molecule has 0 spiro atoms. The number of thioether (sulfide) groups is 1. The van der Waals surface area contributed by atoms with Gasteiger partial charge in [0.05, 0.1) is 0 Å². The SMILES string of the molecule is CN(Cc1ccc(SC(F)F)cc1)S(=O)(=O)N1CCCC1. The topological polar surface area (TPSA) is 40.6 Å². The van der Waals surface area contributed by atoms with Crippen LogP contribution in [0.1, 0.15) is 18.4 Å². The summed E-state index contributed by atoms with van der Waals surface area (Å²) in [7, 11) is -1.89. The Morgan fingerprint density at radius 2 is 1.81 bits per heavy atom. The maximum atomic E-state index is 12.3. The molecule has 4 nitrogen and oxygen atoms in total. The van der Waals surface area contributed by atoms with E-state index in [9.17, 15) is 17.2 Å². The van der Waals surface area contributed by atoms with E-state index in [0.717, 1.165) is 18.4 Å². The molecule has 0 unspecified atom stereocenters. The summed E-state index contributed by atoms with van der Waals surface area (Å²) in [6.07, 6.45) is 1.79. The minimum absolute atomic E-state index is 0.235. The average molecular weight is 336 g/mol. The van der Waals surface area contributed by atoms with Crippen LogP contribution in [0.4, 0.5) is 8.78 Å². The molecule has 8 heteroatoms. The van der Waals surface area contributed by atoms with Gasteiger partial charge in [-0.2, -0.15) is 25.8 Å². The molecule has 0 aromatic heterocycles. The van der Waals surface area contributed by atoms with Crippen LogP contribution in [0, 0.1) is 0 Å². The third-order valence-electron chi connectivity index (χ3n) is 3.34. The Balaban J connectivity index is 2.00. The van der Waals surface area contributed by atoms with Crippen molar-refractivity contribution in [3.63, 3.8) is 0 Å². The van der Waals surface area contributed by atoms with E-state index in [1.165, 1.54) is 15.7 Å². The van der Waals surface area contributed by atoms with Crippen LogP contribution in [-0.2, 0) is 16.8 Å². The lowest BCUT2D eigenvalue weighted by Gasteiger charge is -2.23. The van der Waals surface area contributed by atoms with E-state index in [1.807, 2.05) is 0 Å². The van der Waals surface area contributed by atoms with Crippen LogP contribution in [0.25, 0.3) is 0 Å². The Morgan fingerprint density at radius 3 is 2.33 bits per heavy atom. The van der Waals surface area contributed by atoms with Gasteiger partial charge in [0.1, 0.15) is 0 Å². The van der Waals surface area contributed by atoms with Gasteiger partial charge in [0.15, 0.2) is 0 Å². The van der Waals surface area contributed by atoms with Crippen molar-refractivity contribution in [1.29, 1.82) is 0 Å². The predicted octanol–water partition coefficient (Wildman–Crippen LogP) is 2.77. The van der Waals surface area contributed by atoms with Gasteiger partial charge >= 0.3 is 0 Å². The molecule has 118 valence electrons. The molecule has 1 aliphatic rings. The van der Waals surface area contributed by atoms with Crippen LogP contribution in [0.2, 0.25) is 0 Å². The number of alkyl halides is 2. The zero-order valence-corrected chi connectivity index (χ0v) is 13.3. The van der Waals surface area contributed by atoms with Crippen molar-refractivity contribution >= 4 is 22.0 Å². The third kappa shape index (κ3) is 4.38. The van der Waals surface area contributed by atoms with Crippen molar-refractivity contribution in [2.45, 2.75) is 30.0 Å². The van der Waals surface area contributed by atoms with Gasteiger partial charge in [-0.3, -0.25) is 0 Å². The second-order valence-electron chi connectivity index (χ2n) is 4.89. The molecule has 1 heterocycles. The second kappa shape index (κ2) is 7.04. The van der Waals surface area contributed by atoms with Gasteiger partial charge in [-0.15, -0.1) is 0 Å². The Hall–Kier alpha value is -0.700. The van der Waals surface area contributed by atoms with Gasteiger partial charge in [0.25, 0.3) is 16.0 Å². The van der Waals surface area contributed by atoms with Gasteiger partial charge in [0, 0.05) is 31.6 Å². The molecule has 2 rings (SSSR count). The maximum Gasteiger partial charge on any atom is 0.288 e. The molecule has 1 aromatic carbocycles. The van der Waals surface area contributed by atoms with Gasteiger partial charge in [0.2, 0.25) is 0 Å². The maximum absolute atomic E-state index is 12.3. The van der Waals surface area contributed by atoms with E-state index in [2.05, 4.69) is 0 Å². The summed E-state index contributed by atoms with van der Waals surface area (Å²) < 4.78 is 51.8. The fourth-order valence-electron chi connectivity index (χ4n) is 2.23. The number of nitrogens with zero attached hydrogens (tertiary/aromatic N) is 2. The minimum Gasteiger partial charge on any atom is -0.198 e. The molecule has 1 fully saturated rings. The lowest BCUT2D eigenvalue weighted by Crippen LogP contribution is -2.39. The molecular formula is C13H18F2N2O2S2. The van der Waals surface area contributed by atoms with Crippen LogP contribution >= 0.6 is 11.8 Å². The van der Waals surface area contributed by atoms with Gasteiger partial charge in [-0.25, -0.2) is 0 Å². The molecule has 0 atom stereocenters. The monoisotopic (exact) mass is 336 g/mol. The predicted molar refractivity (Wildman–Crippen MR) is 79.5 cm³/mol. The number of rotatable bonds is 6. The van der Waals surface area contributed by atoms with E-state index in [0.29, 0.717) is 29.7 Å².